The summed E-state index contributed by atoms with van der Waals surface area (Å²) in [5.74, 6) is 1.05. The summed E-state index contributed by atoms with van der Waals surface area (Å²) >= 11 is 1.48. The van der Waals surface area contributed by atoms with Crippen molar-refractivity contribution in [2.75, 3.05) is 5.32 Å². The van der Waals surface area contributed by atoms with Gasteiger partial charge in [-0.15, -0.1) is 11.8 Å². The van der Waals surface area contributed by atoms with Gasteiger partial charge < -0.3 is 9.73 Å². The van der Waals surface area contributed by atoms with Crippen molar-refractivity contribution >= 4 is 23.4 Å². The van der Waals surface area contributed by atoms with Gasteiger partial charge in [0.05, 0.1) is 17.3 Å². The van der Waals surface area contributed by atoms with E-state index in [9.17, 15) is 9.18 Å². The Balaban J connectivity index is 1.83. The fraction of sp³-hybridized carbons (Fsp3) is 0.214. The normalized spacial score (nSPS) is 12.1. The van der Waals surface area contributed by atoms with E-state index in [0.29, 0.717) is 11.4 Å². The fourth-order valence-electron chi connectivity index (χ4n) is 1.45. The molecule has 0 aliphatic carbocycles. The summed E-state index contributed by atoms with van der Waals surface area (Å²) in [6.45, 7) is 1.83. The molecular formula is C14H14FNO2S. The van der Waals surface area contributed by atoms with Crippen molar-refractivity contribution in [3.8, 4) is 0 Å². The number of carbonyl (C=O) groups is 1. The molecule has 0 fully saturated rings. The maximum absolute atomic E-state index is 12.7. The summed E-state index contributed by atoms with van der Waals surface area (Å²) < 4.78 is 17.9. The molecule has 1 atom stereocenters. The van der Waals surface area contributed by atoms with Gasteiger partial charge in [-0.3, -0.25) is 4.79 Å². The van der Waals surface area contributed by atoms with E-state index >= 15 is 0 Å². The highest BCUT2D eigenvalue weighted by Gasteiger charge is 2.14. The van der Waals surface area contributed by atoms with E-state index in [2.05, 4.69) is 5.32 Å². The molecule has 0 spiro atoms. The molecule has 0 aliphatic heterocycles. The van der Waals surface area contributed by atoms with Gasteiger partial charge in [0, 0.05) is 5.69 Å². The second-order valence-electron chi connectivity index (χ2n) is 4.03. The van der Waals surface area contributed by atoms with Crippen LogP contribution >= 0.6 is 11.8 Å². The number of anilines is 1. The van der Waals surface area contributed by atoms with E-state index in [1.165, 1.54) is 36.0 Å². The Hall–Kier alpha value is -1.75. The molecule has 19 heavy (non-hydrogen) atoms. The van der Waals surface area contributed by atoms with Gasteiger partial charge in [0.2, 0.25) is 5.91 Å². The average molecular weight is 279 g/mol. The monoisotopic (exact) mass is 279 g/mol. The highest BCUT2D eigenvalue weighted by atomic mass is 32.2. The zero-order valence-electron chi connectivity index (χ0n) is 10.4. The van der Waals surface area contributed by atoms with Crippen molar-refractivity contribution in [2.45, 2.75) is 17.9 Å². The molecule has 2 aromatic rings. The zero-order chi connectivity index (χ0) is 13.7. The number of thioether (sulfide) groups is 1. The van der Waals surface area contributed by atoms with E-state index < -0.39 is 0 Å². The molecule has 0 aliphatic rings. The van der Waals surface area contributed by atoms with Crippen LogP contribution in [0.4, 0.5) is 10.1 Å². The van der Waals surface area contributed by atoms with Crippen LogP contribution in [-0.4, -0.2) is 11.2 Å². The Bertz CT molecular complexity index is 525. The first-order valence-electron chi connectivity index (χ1n) is 5.85. The number of benzene rings is 1. The lowest BCUT2D eigenvalue weighted by Crippen LogP contribution is -2.22. The highest BCUT2D eigenvalue weighted by molar-refractivity contribution is 7.99. The summed E-state index contributed by atoms with van der Waals surface area (Å²) in [6.07, 6.45) is 1.61. The number of hydrogen-bond acceptors (Lipinski definition) is 3. The van der Waals surface area contributed by atoms with E-state index in [0.717, 1.165) is 5.76 Å². The molecule has 0 saturated carbocycles. The number of halogens is 1. The maximum atomic E-state index is 12.7. The quantitative estimate of drug-likeness (QED) is 0.907. The minimum absolute atomic E-state index is 0.108. The first-order valence-corrected chi connectivity index (χ1v) is 6.90. The Morgan fingerprint density at radius 3 is 2.74 bits per heavy atom. The molecule has 1 amide bonds. The molecule has 3 nitrogen and oxygen atoms in total. The zero-order valence-corrected chi connectivity index (χ0v) is 11.2. The number of carbonyl (C=O) groups excluding carboxylic acids is 1. The summed E-state index contributed by atoms with van der Waals surface area (Å²) in [7, 11) is 0. The topological polar surface area (TPSA) is 42.2 Å². The molecule has 1 aromatic carbocycles. The van der Waals surface area contributed by atoms with Crippen LogP contribution in [0.1, 0.15) is 12.7 Å². The van der Waals surface area contributed by atoms with Crippen molar-refractivity contribution in [2.24, 2.45) is 0 Å². The molecule has 0 saturated heterocycles. The lowest BCUT2D eigenvalue weighted by molar-refractivity contribution is -0.115. The van der Waals surface area contributed by atoms with E-state index in [4.69, 9.17) is 4.42 Å². The third-order valence-corrected chi connectivity index (χ3v) is 3.70. The van der Waals surface area contributed by atoms with Crippen LogP contribution in [-0.2, 0) is 10.5 Å². The van der Waals surface area contributed by atoms with Crippen molar-refractivity contribution in [3.05, 3.63) is 54.2 Å². The molecule has 1 N–H and O–H groups in total. The Labute approximate surface area is 115 Å². The summed E-state index contributed by atoms with van der Waals surface area (Å²) in [5, 5.41) is 2.53. The predicted octanol–water partition coefficient (Wildman–Crippen LogP) is 3.68. The molecule has 100 valence electrons. The average Bonchev–Trinajstić information content (AvgIpc) is 2.91. The third-order valence-electron chi connectivity index (χ3n) is 2.54. The predicted molar refractivity (Wildman–Crippen MR) is 74.5 cm³/mol. The van der Waals surface area contributed by atoms with Gasteiger partial charge in [-0.05, 0) is 43.3 Å². The van der Waals surface area contributed by atoms with E-state index in [1.807, 2.05) is 19.1 Å². The number of amides is 1. The van der Waals surface area contributed by atoms with Crippen molar-refractivity contribution < 1.29 is 13.6 Å². The summed E-state index contributed by atoms with van der Waals surface area (Å²) in [5.41, 5.74) is 0.594. The van der Waals surface area contributed by atoms with Crippen LogP contribution < -0.4 is 5.32 Å². The standard InChI is InChI=1S/C14H14FNO2S/c1-10(19-9-13-3-2-8-18-13)14(17)16-12-6-4-11(15)5-7-12/h2-8,10H,9H2,1H3,(H,16,17). The van der Waals surface area contributed by atoms with E-state index in [-0.39, 0.29) is 17.0 Å². The largest absolute Gasteiger partial charge is 0.468 e. The molecular weight excluding hydrogens is 265 g/mol. The van der Waals surface area contributed by atoms with Crippen LogP contribution in [0.2, 0.25) is 0 Å². The first-order chi connectivity index (χ1) is 9.15. The van der Waals surface area contributed by atoms with Gasteiger partial charge in [0.15, 0.2) is 0 Å². The van der Waals surface area contributed by atoms with Crippen LogP contribution in [0.15, 0.2) is 47.1 Å². The number of hydrogen-bond donors (Lipinski definition) is 1. The van der Waals surface area contributed by atoms with Gasteiger partial charge in [-0.2, -0.15) is 0 Å². The number of nitrogens with one attached hydrogen (secondary N) is 1. The van der Waals surface area contributed by atoms with Crippen LogP contribution in [0.3, 0.4) is 0 Å². The smallest absolute Gasteiger partial charge is 0.237 e. The second-order valence-corrected chi connectivity index (χ2v) is 5.36. The minimum atomic E-state index is -0.321. The SMILES string of the molecule is CC(SCc1ccco1)C(=O)Nc1ccc(F)cc1. The third kappa shape index (κ3) is 4.13. The number of rotatable bonds is 5. The molecule has 2 rings (SSSR count). The molecule has 0 radical (unpaired) electrons. The molecule has 0 bridgehead atoms. The van der Waals surface area contributed by atoms with Gasteiger partial charge in [-0.1, -0.05) is 0 Å². The lowest BCUT2D eigenvalue weighted by Gasteiger charge is -2.11. The Morgan fingerprint density at radius 2 is 2.11 bits per heavy atom. The van der Waals surface area contributed by atoms with Gasteiger partial charge >= 0.3 is 0 Å². The Kier molecular flexibility index (Phi) is 4.63. The van der Waals surface area contributed by atoms with Crippen molar-refractivity contribution in [3.63, 3.8) is 0 Å². The second kappa shape index (κ2) is 6.43. The maximum Gasteiger partial charge on any atom is 0.237 e. The number of furan rings is 1. The first kappa shape index (κ1) is 13.7. The molecule has 1 aromatic heterocycles. The summed E-state index contributed by atoms with van der Waals surface area (Å²) in [4.78, 5) is 11.9. The lowest BCUT2D eigenvalue weighted by atomic mass is 10.3. The van der Waals surface area contributed by atoms with Crippen LogP contribution in [0.25, 0.3) is 0 Å². The summed E-state index contributed by atoms with van der Waals surface area (Å²) in [6, 6.07) is 9.40. The van der Waals surface area contributed by atoms with Crippen molar-refractivity contribution in [1.82, 2.24) is 0 Å². The Morgan fingerprint density at radius 1 is 1.37 bits per heavy atom. The van der Waals surface area contributed by atoms with Crippen LogP contribution in [0, 0.1) is 5.82 Å². The minimum Gasteiger partial charge on any atom is -0.468 e. The molecule has 1 unspecified atom stereocenters. The molecule has 5 heteroatoms. The van der Waals surface area contributed by atoms with E-state index in [1.54, 1.807) is 6.26 Å². The van der Waals surface area contributed by atoms with Gasteiger partial charge in [-0.25, -0.2) is 4.39 Å². The van der Waals surface area contributed by atoms with Gasteiger partial charge in [0.1, 0.15) is 11.6 Å². The van der Waals surface area contributed by atoms with Crippen molar-refractivity contribution in [1.29, 1.82) is 0 Å². The molecule has 1 heterocycles. The fourth-order valence-corrected chi connectivity index (χ4v) is 2.24. The van der Waals surface area contributed by atoms with Crippen LogP contribution in [0.5, 0.6) is 0 Å². The highest BCUT2D eigenvalue weighted by Crippen LogP contribution is 2.19. The van der Waals surface area contributed by atoms with Gasteiger partial charge in [0.25, 0.3) is 0 Å².